The third-order valence-electron chi connectivity index (χ3n) is 4.36. The Balaban J connectivity index is 1.74. The number of aromatic amines is 1. The number of ether oxygens (including phenoxy) is 1. The van der Waals surface area contributed by atoms with Crippen LogP contribution in [0.25, 0.3) is 10.9 Å². The van der Waals surface area contributed by atoms with Gasteiger partial charge in [-0.1, -0.05) is 19.9 Å². The number of hydrogen-bond donors (Lipinski definition) is 2. The first-order valence-electron chi connectivity index (χ1n) is 8.31. The zero-order chi connectivity index (χ0) is 17.1. The van der Waals surface area contributed by atoms with Crippen LogP contribution in [-0.2, 0) is 9.53 Å². The molecule has 2 amide bonds. The van der Waals surface area contributed by atoms with Crippen LogP contribution in [-0.4, -0.2) is 54.0 Å². The molecule has 2 heterocycles. The summed E-state index contributed by atoms with van der Waals surface area (Å²) in [5, 5.41) is 3.95. The number of carbonyl (C=O) groups is 2. The van der Waals surface area contributed by atoms with E-state index in [2.05, 4.69) is 10.3 Å². The van der Waals surface area contributed by atoms with E-state index in [4.69, 9.17) is 4.74 Å². The number of nitrogens with zero attached hydrogens (tertiary/aromatic N) is 1. The molecule has 0 radical (unpaired) electrons. The number of carbonyl (C=O) groups excluding carboxylic acids is 2. The standard InChI is InChI=1S/C18H23N3O3/c1-12(2)16(18(23)21-7-9-24-10-8-21)20-17(22)14-4-3-13-5-6-19-15(13)11-14/h3-6,11-12,16,19H,7-10H2,1-2H3,(H,20,22)/t16-/m0/s1. The number of amides is 2. The SMILES string of the molecule is CC(C)[C@H](NC(=O)c1ccc2cc[nH]c2c1)C(=O)N1CCOCC1. The lowest BCUT2D eigenvalue weighted by molar-refractivity contribution is -0.138. The summed E-state index contributed by atoms with van der Waals surface area (Å²) in [4.78, 5) is 30.2. The van der Waals surface area contributed by atoms with E-state index >= 15 is 0 Å². The first kappa shape index (κ1) is 16.5. The van der Waals surface area contributed by atoms with Gasteiger partial charge in [0.15, 0.2) is 0 Å². The van der Waals surface area contributed by atoms with E-state index in [9.17, 15) is 9.59 Å². The average molecular weight is 329 g/mol. The van der Waals surface area contributed by atoms with Crippen LogP contribution >= 0.6 is 0 Å². The molecular formula is C18H23N3O3. The lowest BCUT2D eigenvalue weighted by Crippen LogP contribution is -2.53. The van der Waals surface area contributed by atoms with Crippen molar-refractivity contribution in [3.05, 3.63) is 36.0 Å². The number of nitrogens with one attached hydrogen (secondary N) is 2. The van der Waals surface area contributed by atoms with E-state index in [-0.39, 0.29) is 17.7 Å². The van der Waals surface area contributed by atoms with E-state index in [0.717, 1.165) is 10.9 Å². The van der Waals surface area contributed by atoms with Crippen LogP contribution in [0.4, 0.5) is 0 Å². The molecule has 1 aromatic carbocycles. The Morgan fingerprint density at radius 3 is 2.67 bits per heavy atom. The van der Waals surface area contributed by atoms with Crippen molar-refractivity contribution < 1.29 is 14.3 Å². The van der Waals surface area contributed by atoms with Crippen molar-refractivity contribution in [1.82, 2.24) is 15.2 Å². The zero-order valence-electron chi connectivity index (χ0n) is 14.0. The van der Waals surface area contributed by atoms with Gasteiger partial charge < -0.3 is 19.9 Å². The molecule has 0 saturated carbocycles. The fourth-order valence-corrected chi connectivity index (χ4v) is 2.91. The number of morpholine rings is 1. The van der Waals surface area contributed by atoms with E-state index in [1.807, 2.05) is 32.2 Å². The fraction of sp³-hybridized carbons (Fsp3) is 0.444. The second-order valence-corrected chi connectivity index (χ2v) is 6.41. The van der Waals surface area contributed by atoms with E-state index in [1.165, 1.54) is 0 Å². The van der Waals surface area contributed by atoms with Gasteiger partial charge in [-0.3, -0.25) is 9.59 Å². The highest BCUT2D eigenvalue weighted by atomic mass is 16.5. The summed E-state index contributed by atoms with van der Waals surface area (Å²) in [5.41, 5.74) is 1.45. The quantitative estimate of drug-likeness (QED) is 0.898. The van der Waals surface area contributed by atoms with Crippen molar-refractivity contribution >= 4 is 22.7 Å². The summed E-state index contributed by atoms with van der Waals surface area (Å²) < 4.78 is 5.29. The molecule has 1 aliphatic heterocycles. The Hall–Kier alpha value is -2.34. The third kappa shape index (κ3) is 3.43. The van der Waals surface area contributed by atoms with Crippen molar-refractivity contribution in [3.8, 4) is 0 Å². The maximum Gasteiger partial charge on any atom is 0.252 e. The normalized spacial score (nSPS) is 16.4. The molecule has 1 aromatic heterocycles. The minimum Gasteiger partial charge on any atom is -0.378 e. The molecular weight excluding hydrogens is 306 g/mol. The first-order chi connectivity index (χ1) is 11.6. The Bertz CT molecular complexity index is 732. The van der Waals surface area contributed by atoms with Gasteiger partial charge in [0.25, 0.3) is 5.91 Å². The highest BCUT2D eigenvalue weighted by Crippen LogP contribution is 2.15. The second kappa shape index (κ2) is 7.05. The van der Waals surface area contributed by atoms with Gasteiger partial charge in [-0.05, 0) is 29.5 Å². The summed E-state index contributed by atoms with van der Waals surface area (Å²) in [7, 11) is 0. The van der Waals surface area contributed by atoms with Crippen LogP contribution in [0, 0.1) is 5.92 Å². The van der Waals surface area contributed by atoms with Gasteiger partial charge in [0, 0.05) is 30.4 Å². The Kier molecular flexibility index (Phi) is 4.85. The molecule has 1 fully saturated rings. The largest absolute Gasteiger partial charge is 0.378 e. The van der Waals surface area contributed by atoms with Crippen LogP contribution in [0.2, 0.25) is 0 Å². The van der Waals surface area contributed by atoms with Gasteiger partial charge in [-0.25, -0.2) is 0 Å². The van der Waals surface area contributed by atoms with E-state index in [1.54, 1.807) is 17.0 Å². The average Bonchev–Trinajstić information content (AvgIpc) is 3.07. The minimum absolute atomic E-state index is 0.0125. The number of rotatable bonds is 4. The molecule has 2 N–H and O–H groups in total. The molecule has 6 nitrogen and oxygen atoms in total. The Morgan fingerprint density at radius 1 is 1.21 bits per heavy atom. The first-order valence-corrected chi connectivity index (χ1v) is 8.31. The number of aromatic nitrogens is 1. The lowest BCUT2D eigenvalue weighted by atomic mass is 10.0. The zero-order valence-corrected chi connectivity index (χ0v) is 14.0. The molecule has 3 rings (SSSR count). The molecule has 128 valence electrons. The summed E-state index contributed by atoms with van der Waals surface area (Å²) >= 11 is 0. The maximum atomic E-state index is 12.7. The molecule has 6 heteroatoms. The van der Waals surface area contributed by atoms with Crippen LogP contribution in [0.15, 0.2) is 30.5 Å². The molecule has 1 aliphatic rings. The van der Waals surface area contributed by atoms with E-state index < -0.39 is 6.04 Å². The van der Waals surface area contributed by atoms with Gasteiger partial charge in [-0.15, -0.1) is 0 Å². The van der Waals surface area contributed by atoms with Crippen LogP contribution in [0.1, 0.15) is 24.2 Å². The lowest BCUT2D eigenvalue weighted by Gasteiger charge is -2.32. The molecule has 24 heavy (non-hydrogen) atoms. The van der Waals surface area contributed by atoms with Crippen LogP contribution < -0.4 is 5.32 Å². The van der Waals surface area contributed by atoms with Gasteiger partial charge in [0.05, 0.1) is 13.2 Å². The molecule has 0 unspecified atom stereocenters. The topological polar surface area (TPSA) is 74.4 Å². The highest BCUT2D eigenvalue weighted by Gasteiger charge is 2.29. The smallest absolute Gasteiger partial charge is 0.252 e. The van der Waals surface area contributed by atoms with Gasteiger partial charge in [-0.2, -0.15) is 0 Å². The van der Waals surface area contributed by atoms with Crippen molar-refractivity contribution in [2.75, 3.05) is 26.3 Å². The number of H-pyrrole nitrogens is 1. The fourth-order valence-electron chi connectivity index (χ4n) is 2.91. The maximum absolute atomic E-state index is 12.7. The minimum atomic E-state index is -0.532. The number of benzene rings is 1. The van der Waals surface area contributed by atoms with Gasteiger partial charge in [0.2, 0.25) is 5.91 Å². The summed E-state index contributed by atoms with van der Waals surface area (Å²) in [6.07, 6.45) is 1.84. The predicted octanol–water partition coefficient (Wildman–Crippen LogP) is 1.78. The number of fused-ring (bicyclic) bond motifs is 1. The summed E-state index contributed by atoms with van der Waals surface area (Å²) in [5.74, 6) is -0.257. The Morgan fingerprint density at radius 2 is 1.96 bits per heavy atom. The molecule has 0 bridgehead atoms. The molecule has 1 saturated heterocycles. The van der Waals surface area contributed by atoms with Gasteiger partial charge >= 0.3 is 0 Å². The summed E-state index contributed by atoms with van der Waals surface area (Å²) in [6.45, 7) is 6.13. The van der Waals surface area contributed by atoms with Crippen molar-refractivity contribution in [2.45, 2.75) is 19.9 Å². The molecule has 2 aromatic rings. The molecule has 0 aliphatic carbocycles. The van der Waals surface area contributed by atoms with Gasteiger partial charge in [0.1, 0.15) is 6.04 Å². The third-order valence-corrected chi connectivity index (χ3v) is 4.36. The molecule has 0 spiro atoms. The molecule has 1 atom stereocenters. The summed E-state index contributed by atoms with van der Waals surface area (Å²) in [6, 6.07) is 6.91. The van der Waals surface area contributed by atoms with E-state index in [0.29, 0.717) is 31.9 Å². The van der Waals surface area contributed by atoms with Crippen molar-refractivity contribution in [3.63, 3.8) is 0 Å². The second-order valence-electron chi connectivity index (χ2n) is 6.41. The predicted molar refractivity (Wildman–Crippen MR) is 91.8 cm³/mol. The van der Waals surface area contributed by atoms with Crippen molar-refractivity contribution in [1.29, 1.82) is 0 Å². The van der Waals surface area contributed by atoms with Crippen LogP contribution in [0.5, 0.6) is 0 Å². The van der Waals surface area contributed by atoms with Crippen LogP contribution in [0.3, 0.4) is 0 Å². The highest BCUT2D eigenvalue weighted by molar-refractivity contribution is 6.00. The Labute approximate surface area is 141 Å². The monoisotopic (exact) mass is 329 g/mol. The van der Waals surface area contributed by atoms with Crippen molar-refractivity contribution in [2.24, 2.45) is 5.92 Å². The number of hydrogen-bond acceptors (Lipinski definition) is 3.